The van der Waals surface area contributed by atoms with Crippen LogP contribution in [0.25, 0.3) is 11.1 Å². The highest BCUT2D eigenvalue weighted by molar-refractivity contribution is 5.67. The van der Waals surface area contributed by atoms with Crippen molar-refractivity contribution < 1.29 is 14.4 Å². The van der Waals surface area contributed by atoms with Gasteiger partial charge in [0.25, 0.3) is 0 Å². The molecule has 1 heterocycles. The van der Waals surface area contributed by atoms with Crippen molar-refractivity contribution in [2.75, 3.05) is 6.54 Å². The van der Waals surface area contributed by atoms with Crippen LogP contribution in [0.15, 0.2) is 54.6 Å². The van der Waals surface area contributed by atoms with Crippen molar-refractivity contribution in [1.82, 2.24) is 5.06 Å². The van der Waals surface area contributed by atoms with E-state index in [1.165, 1.54) is 21.8 Å². The van der Waals surface area contributed by atoms with Crippen molar-refractivity contribution in [3.8, 4) is 11.1 Å². The molecule has 0 radical (unpaired) electrons. The van der Waals surface area contributed by atoms with Crippen LogP contribution in [0.2, 0.25) is 0 Å². The van der Waals surface area contributed by atoms with E-state index in [2.05, 4.69) is 36.4 Å². The molecule has 1 aliphatic rings. The highest BCUT2D eigenvalue weighted by Crippen LogP contribution is 2.23. The van der Waals surface area contributed by atoms with Gasteiger partial charge in [0.05, 0.1) is 12.6 Å². The largest absolute Gasteiger partial charge is 0.442 e. The number of amides is 1. The van der Waals surface area contributed by atoms with Gasteiger partial charge in [-0.15, -0.1) is 0 Å². The van der Waals surface area contributed by atoms with Gasteiger partial charge in [0.2, 0.25) is 0 Å². The lowest BCUT2D eigenvalue weighted by atomic mass is 10.0. The minimum atomic E-state index is -0.508. The maximum Gasteiger partial charge on any atom is 0.434 e. The van der Waals surface area contributed by atoms with Gasteiger partial charge < -0.3 is 4.74 Å². The Hall–Kier alpha value is -2.33. The molecule has 132 valence electrons. The summed E-state index contributed by atoms with van der Waals surface area (Å²) >= 11 is 0. The van der Waals surface area contributed by atoms with Crippen LogP contribution in [-0.4, -0.2) is 29.4 Å². The summed E-state index contributed by atoms with van der Waals surface area (Å²) in [6, 6.07) is 18.8. The van der Waals surface area contributed by atoms with Crippen molar-refractivity contribution in [3.63, 3.8) is 0 Å². The Labute approximate surface area is 149 Å². The molecule has 1 unspecified atom stereocenters. The fourth-order valence-electron chi connectivity index (χ4n) is 2.86. The number of rotatable bonds is 3. The van der Waals surface area contributed by atoms with E-state index < -0.39 is 11.7 Å². The third kappa shape index (κ3) is 4.83. The van der Waals surface area contributed by atoms with E-state index in [0.717, 1.165) is 12.8 Å². The Morgan fingerprint density at radius 3 is 2.36 bits per heavy atom. The number of ether oxygens (including phenoxy) is 1. The van der Waals surface area contributed by atoms with Crippen LogP contribution in [-0.2, 0) is 16.0 Å². The lowest BCUT2D eigenvalue weighted by Gasteiger charge is -2.23. The summed E-state index contributed by atoms with van der Waals surface area (Å²) in [5, 5.41) is 1.34. The number of hydrogen-bond acceptors (Lipinski definition) is 3. The quantitative estimate of drug-likeness (QED) is 0.803. The molecule has 25 heavy (non-hydrogen) atoms. The molecule has 3 rings (SSSR count). The monoisotopic (exact) mass is 339 g/mol. The average molecular weight is 339 g/mol. The molecule has 1 fully saturated rings. The Kier molecular flexibility index (Phi) is 5.09. The van der Waals surface area contributed by atoms with Gasteiger partial charge in [-0.2, -0.15) is 5.06 Å². The van der Waals surface area contributed by atoms with Crippen LogP contribution >= 0.6 is 0 Å². The number of carbonyl (C=O) groups excluding carboxylic acids is 1. The van der Waals surface area contributed by atoms with Crippen LogP contribution in [0.1, 0.15) is 32.8 Å². The van der Waals surface area contributed by atoms with E-state index in [-0.39, 0.29) is 6.10 Å². The average Bonchev–Trinajstić information content (AvgIpc) is 3.04. The Morgan fingerprint density at radius 1 is 1.08 bits per heavy atom. The van der Waals surface area contributed by atoms with Crippen LogP contribution in [0.4, 0.5) is 4.79 Å². The molecule has 4 nitrogen and oxygen atoms in total. The van der Waals surface area contributed by atoms with Crippen LogP contribution in [0.5, 0.6) is 0 Å². The molecule has 2 aromatic carbocycles. The maximum atomic E-state index is 12.0. The van der Waals surface area contributed by atoms with E-state index >= 15 is 0 Å². The van der Waals surface area contributed by atoms with Crippen molar-refractivity contribution >= 4 is 6.09 Å². The fourth-order valence-corrected chi connectivity index (χ4v) is 2.86. The van der Waals surface area contributed by atoms with Gasteiger partial charge in [0, 0.05) is 6.42 Å². The Balaban J connectivity index is 1.56. The van der Waals surface area contributed by atoms with Crippen molar-refractivity contribution in [1.29, 1.82) is 0 Å². The zero-order chi connectivity index (χ0) is 17.9. The van der Waals surface area contributed by atoms with E-state index in [0.29, 0.717) is 6.54 Å². The first-order valence-electron chi connectivity index (χ1n) is 8.72. The summed E-state index contributed by atoms with van der Waals surface area (Å²) in [6.45, 7) is 6.13. The predicted molar refractivity (Wildman–Crippen MR) is 98.0 cm³/mol. The second-order valence-corrected chi connectivity index (χ2v) is 7.37. The topological polar surface area (TPSA) is 38.8 Å². The van der Waals surface area contributed by atoms with Gasteiger partial charge in [0.15, 0.2) is 0 Å². The number of benzene rings is 2. The molecule has 1 amide bonds. The van der Waals surface area contributed by atoms with Crippen LogP contribution in [0, 0.1) is 0 Å². The number of carbonyl (C=O) groups is 1. The Bertz CT molecular complexity index is 704. The van der Waals surface area contributed by atoms with Crippen LogP contribution in [0.3, 0.4) is 0 Å². The highest BCUT2D eigenvalue weighted by Gasteiger charge is 2.31. The number of nitrogens with zero attached hydrogens (tertiary/aromatic N) is 1. The summed E-state index contributed by atoms with van der Waals surface area (Å²) in [5.41, 5.74) is 3.11. The van der Waals surface area contributed by atoms with E-state index in [1.54, 1.807) is 0 Å². The van der Waals surface area contributed by atoms with Gasteiger partial charge >= 0.3 is 6.09 Å². The normalized spacial score (nSPS) is 17.6. The van der Waals surface area contributed by atoms with Crippen molar-refractivity contribution in [2.24, 2.45) is 0 Å². The van der Waals surface area contributed by atoms with Crippen molar-refractivity contribution in [2.45, 2.75) is 45.3 Å². The first-order valence-corrected chi connectivity index (χ1v) is 8.72. The van der Waals surface area contributed by atoms with Crippen LogP contribution < -0.4 is 0 Å². The summed E-state index contributed by atoms with van der Waals surface area (Å²) in [6.07, 6.45) is 1.21. The molecule has 0 aliphatic carbocycles. The molecule has 0 aromatic heterocycles. The minimum absolute atomic E-state index is 0.00935. The summed E-state index contributed by atoms with van der Waals surface area (Å²) in [5.74, 6) is 0. The highest BCUT2D eigenvalue weighted by atomic mass is 16.7. The number of hydroxylamine groups is 2. The molecule has 1 atom stereocenters. The predicted octanol–water partition coefficient (Wildman–Crippen LogP) is 4.84. The standard InChI is InChI=1S/C21H25NO3/c1-21(2,3)24-20(23)22-14-13-19(25-22)15-16-9-11-18(12-10-16)17-7-5-4-6-8-17/h4-12,19H,13-15H2,1-3H3. The summed E-state index contributed by atoms with van der Waals surface area (Å²) < 4.78 is 5.35. The van der Waals surface area contributed by atoms with E-state index in [4.69, 9.17) is 9.57 Å². The molecule has 0 N–H and O–H groups in total. The number of hydrogen-bond donors (Lipinski definition) is 0. The molecular weight excluding hydrogens is 314 g/mol. The van der Waals surface area contributed by atoms with Gasteiger partial charge in [-0.25, -0.2) is 4.79 Å². The van der Waals surface area contributed by atoms with Gasteiger partial charge in [-0.3, -0.25) is 4.84 Å². The van der Waals surface area contributed by atoms with E-state index in [9.17, 15) is 4.79 Å². The molecule has 1 saturated heterocycles. The molecule has 4 heteroatoms. The third-order valence-electron chi connectivity index (χ3n) is 4.05. The minimum Gasteiger partial charge on any atom is -0.442 e. The first kappa shape index (κ1) is 17.5. The first-order chi connectivity index (χ1) is 11.9. The molecule has 0 spiro atoms. The SMILES string of the molecule is CC(C)(C)OC(=O)N1CCC(Cc2ccc(-c3ccccc3)cc2)O1. The fraction of sp³-hybridized carbons (Fsp3) is 0.381. The smallest absolute Gasteiger partial charge is 0.434 e. The molecule has 1 aliphatic heterocycles. The zero-order valence-corrected chi connectivity index (χ0v) is 15.1. The molecule has 0 bridgehead atoms. The Morgan fingerprint density at radius 2 is 1.72 bits per heavy atom. The molecule has 0 saturated carbocycles. The maximum absolute atomic E-state index is 12.0. The second kappa shape index (κ2) is 7.28. The lowest BCUT2D eigenvalue weighted by Crippen LogP contribution is -2.34. The van der Waals surface area contributed by atoms with E-state index in [1.807, 2.05) is 39.0 Å². The van der Waals surface area contributed by atoms with Gasteiger partial charge in [-0.1, -0.05) is 54.6 Å². The lowest BCUT2D eigenvalue weighted by molar-refractivity contribution is -0.135. The van der Waals surface area contributed by atoms with Gasteiger partial charge in [0.1, 0.15) is 5.60 Å². The summed E-state index contributed by atoms with van der Waals surface area (Å²) in [7, 11) is 0. The van der Waals surface area contributed by atoms with Crippen molar-refractivity contribution in [3.05, 3.63) is 60.2 Å². The third-order valence-corrected chi connectivity index (χ3v) is 4.05. The second-order valence-electron chi connectivity index (χ2n) is 7.37. The zero-order valence-electron chi connectivity index (χ0n) is 15.1. The molecule has 2 aromatic rings. The molecular formula is C21H25NO3. The summed E-state index contributed by atoms with van der Waals surface area (Å²) in [4.78, 5) is 17.8. The van der Waals surface area contributed by atoms with Gasteiger partial charge in [-0.05, 0) is 43.9 Å².